The van der Waals surface area contributed by atoms with E-state index in [1.54, 1.807) is 0 Å². The van der Waals surface area contributed by atoms with E-state index in [9.17, 15) is 0 Å². The van der Waals surface area contributed by atoms with E-state index in [4.69, 9.17) is 5.73 Å². The number of rotatable bonds is 2. The van der Waals surface area contributed by atoms with Crippen LogP contribution in [0.2, 0.25) is 0 Å². The van der Waals surface area contributed by atoms with E-state index in [1.807, 2.05) is 13.8 Å². The minimum atomic E-state index is 0.0994. The highest BCUT2D eigenvalue weighted by Crippen LogP contribution is 2.40. The Labute approximate surface area is 95.9 Å². The van der Waals surface area contributed by atoms with Gasteiger partial charge >= 0.3 is 0 Å². The standard InChI is InChI=1S/C11H19N5/c1-6-7(2)15-16-10(13-6)14-9-5-8(12)11(9,3)4/h8-9H,5,12H2,1-4H3,(H,13,14,16). The molecule has 5 nitrogen and oxygen atoms in total. The molecule has 0 saturated heterocycles. The van der Waals surface area contributed by atoms with Crippen molar-refractivity contribution in [2.45, 2.75) is 46.2 Å². The van der Waals surface area contributed by atoms with Gasteiger partial charge in [0, 0.05) is 17.5 Å². The van der Waals surface area contributed by atoms with E-state index in [2.05, 4.69) is 34.3 Å². The van der Waals surface area contributed by atoms with Crippen molar-refractivity contribution in [3.05, 3.63) is 11.4 Å². The molecule has 0 amide bonds. The lowest BCUT2D eigenvalue weighted by molar-refractivity contribution is 0.116. The number of nitrogens with two attached hydrogens (primary N) is 1. The monoisotopic (exact) mass is 221 g/mol. The summed E-state index contributed by atoms with van der Waals surface area (Å²) >= 11 is 0. The number of anilines is 1. The van der Waals surface area contributed by atoms with Crippen molar-refractivity contribution in [3.8, 4) is 0 Å². The maximum atomic E-state index is 5.96. The van der Waals surface area contributed by atoms with Crippen molar-refractivity contribution < 1.29 is 0 Å². The van der Waals surface area contributed by atoms with Crippen molar-refractivity contribution >= 4 is 5.95 Å². The summed E-state index contributed by atoms with van der Waals surface area (Å²) in [7, 11) is 0. The highest BCUT2D eigenvalue weighted by Gasteiger charge is 2.46. The number of hydrogen-bond acceptors (Lipinski definition) is 5. The van der Waals surface area contributed by atoms with Gasteiger partial charge in [-0.3, -0.25) is 0 Å². The molecule has 0 radical (unpaired) electrons. The molecule has 1 saturated carbocycles. The van der Waals surface area contributed by atoms with Gasteiger partial charge in [-0.15, -0.1) is 5.10 Å². The van der Waals surface area contributed by atoms with Crippen LogP contribution in [0.3, 0.4) is 0 Å². The number of nitrogens with one attached hydrogen (secondary N) is 1. The second-order valence-electron chi connectivity index (χ2n) is 5.17. The van der Waals surface area contributed by atoms with E-state index >= 15 is 0 Å². The van der Waals surface area contributed by atoms with Crippen LogP contribution in [0.15, 0.2) is 0 Å². The number of hydrogen-bond donors (Lipinski definition) is 2. The van der Waals surface area contributed by atoms with Crippen molar-refractivity contribution in [3.63, 3.8) is 0 Å². The van der Waals surface area contributed by atoms with E-state index < -0.39 is 0 Å². The summed E-state index contributed by atoms with van der Waals surface area (Å²) in [6, 6.07) is 0.593. The van der Waals surface area contributed by atoms with Gasteiger partial charge in [-0.25, -0.2) is 4.98 Å². The Morgan fingerprint density at radius 2 is 1.94 bits per heavy atom. The number of aryl methyl sites for hydroxylation is 2. The van der Waals surface area contributed by atoms with Crippen LogP contribution in [-0.4, -0.2) is 27.3 Å². The molecule has 2 atom stereocenters. The molecule has 0 spiro atoms. The number of aromatic nitrogens is 3. The highest BCUT2D eigenvalue weighted by atomic mass is 15.3. The smallest absolute Gasteiger partial charge is 0.243 e. The van der Waals surface area contributed by atoms with Crippen molar-refractivity contribution in [2.24, 2.45) is 11.1 Å². The SMILES string of the molecule is Cc1nnc(NC2CC(N)C2(C)C)nc1C. The fraction of sp³-hybridized carbons (Fsp3) is 0.727. The molecule has 0 aliphatic heterocycles. The van der Waals surface area contributed by atoms with Gasteiger partial charge in [-0.2, -0.15) is 5.10 Å². The van der Waals surface area contributed by atoms with Gasteiger partial charge in [-0.05, 0) is 20.3 Å². The molecule has 2 unspecified atom stereocenters. The molecule has 0 bridgehead atoms. The van der Waals surface area contributed by atoms with Crippen LogP contribution in [0.5, 0.6) is 0 Å². The maximum Gasteiger partial charge on any atom is 0.243 e. The molecule has 0 aromatic carbocycles. The first kappa shape index (κ1) is 11.3. The van der Waals surface area contributed by atoms with Gasteiger partial charge < -0.3 is 11.1 Å². The van der Waals surface area contributed by atoms with E-state index in [0.29, 0.717) is 12.0 Å². The minimum absolute atomic E-state index is 0.0994. The summed E-state index contributed by atoms with van der Waals surface area (Å²) in [6.45, 7) is 8.16. The zero-order chi connectivity index (χ0) is 11.9. The molecule has 2 rings (SSSR count). The zero-order valence-electron chi connectivity index (χ0n) is 10.3. The Morgan fingerprint density at radius 1 is 1.25 bits per heavy atom. The lowest BCUT2D eigenvalue weighted by atomic mass is 9.63. The fourth-order valence-electron chi connectivity index (χ4n) is 1.88. The molecule has 1 aromatic heterocycles. The molecule has 1 heterocycles. The summed E-state index contributed by atoms with van der Waals surface area (Å²) < 4.78 is 0. The third-order valence-electron chi connectivity index (χ3n) is 3.74. The molecule has 1 aliphatic rings. The third kappa shape index (κ3) is 1.75. The quantitative estimate of drug-likeness (QED) is 0.780. The summed E-state index contributed by atoms with van der Waals surface area (Å²) in [4.78, 5) is 4.36. The van der Waals surface area contributed by atoms with Gasteiger partial charge in [0.25, 0.3) is 0 Å². The van der Waals surface area contributed by atoms with Gasteiger partial charge in [0.15, 0.2) is 0 Å². The topological polar surface area (TPSA) is 76.7 Å². The van der Waals surface area contributed by atoms with Gasteiger partial charge in [0.05, 0.1) is 11.4 Å². The molecule has 5 heteroatoms. The van der Waals surface area contributed by atoms with E-state index in [1.165, 1.54) is 0 Å². The Hall–Kier alpha value is -1.23. The molecule has 3 N–H and O–H groups in total. The predicted molar refractivity (Wildman–Crippen MR) is 63.1 cm³/mol. The van der Waals surface area contributed by atoms with Crippen molar-refractivity contribution in [2.75, 3.05) is 5.32 Å². The molecule has 1 fully saturated rings. The first-order valence-corrected chi connectivity index (χ1v) is 5.61. The predicted octanol–water partition coefficient (Wildman–Crippen LogP) is 1.03. The molecule has 1 aliphatic carbocycles. The van der Waals surface area contributed by atoms with Crippen molar-refractivity contribution in [1.29, 1.82) is 0 Å². The Bertz CT molecular complexity index is 401. The molecule has 1 aromatic rings. The van der Waals surface area contributed by atoms with Gasteiger partial charge in [0.1, 0.15) is 0 Å². The summed E-state index contributed by atoms with van der Waals surface area (Å²) in [5.74, 6) is 0.605. The summed E-state index contributed by atoms with van der Waals surface area (Å²) in [5.41, 5.74) is 7.84. The van der Waals surface area contributed by atoms with Crippen LogP contribution in [-0.2, 0) is 0 Å². The minimum Gasteiger partial charge on any atom is -0.350 e. The van der Waals surface area contributed by atoms with Crippen LogP contribution in [0.1, 0.15) is 31.7 Å². The first-order chi connectivity index (χ1) is 7.41. The molecular weight excluding hydrogens is 202 g/mol. The maximum absolute atomic E-state index is 5.96. The molecule has 88 valence electrons. The van der Waals surface area contributed by atoms with Crippen LogP contribution in [0.4, 0.5) is 5.95 Å². The normalized spacial score (nSPS) is 27.3. The van der Waals surface area contributed by atoms with Crippen LogP contribution in [0.25, 0.3) is 0 Å². The lowest BCUT2D eigenvalue weighted by Gasteiger charge is -2.50. The Kier molecular flexibility index (Phi) is 2.58. The van der Waals surface area contributed by atoms with E-state index in [-0.39, 0.29) is 11.5 Å². The van der Waals surface area contributed by atoms with E-state index in [0.717, 1.165) is 17.8 Å². The van der Waals surface area contributed by atoms with Gasteiger partial charge in [-0.1, -0.05) is 13.8 Å². The third-order valence-corrected chi connectivity index (χ3v) is 3.74. The van der Waals surface area contributed by atoms with Gasteiger partial charge in [0.2, 0.25) is 5.95 Å². The Morgan fingerprint density at radius 3 is 2.44 bits per heavy atom. The summed E-state index contributed by atoms with van der Waals surface area (Å²) in [5, 5.41) is 11.4. The van der Waals surface area contributed by atoms with Crippen LogP contribution < -0.4 is 11.1 Å². The molecular formula is C11H19N5. The average Bonchev–Trinajstić information content (AvgIpc) is 2.23. The largest absolute Gasteiger partial charge is 0.350 e. The average molecular weight is 221 g/mol. The zero-order valence-corrected chi connectivity index (χ0v) is 10.3. The van der Waals surface area contributed by atoms with Crippen molar-refractivity contribution in [1.82, 2.24) is 15.2 Å². The fourth-order valence-corrected chi connectivity index (χ4v) is 1.88. The second-order valence-corrected chi connectivity index (χ2v) is 5.17. The lowest BCUT2D eigenvalue weighted by Crippen LogP contribution is -2.61. The summed E-state index contributed by atoms with van der Waals surface area (Å²) in [6.07, 6.45) is 0.962. The van der Waals surface area contributed by atoms with Crippen LogP contribution >= 0.6 is 0 Å². The number of nitrogens with zero attached hydrogens (tertiary/aromatic N) is 3. The van der Waals surface area contributed by atoms with Crippen LogP contribution in [0, 0.1) is 19.3 Å². The Balaban J connectivity index is 2.08. The molecule has 16 heavy (non-hydrogen) atoms. The highest BCUT2D eigenvalue weighted by molar-refractivity contribution is 5.30. The first-order valence-electron chi connectivity index (χ1n) is 5.61. The second kappa shape index (κ2) is 3.66.